The van der Waals surface area contributed by atoms with Crippen molar-refractivity contribution in [2.75, 3.05) is 52.9 Å². The normalized spacial score (nSPS) is 11.9. The van der Waals surface area contributed by atoms with Gasteiger partial charge < -0.3 is 24.1 Å². The summed E-state index contributed by atoms with van der Waals surface area (Å²) in [6, 6.07) is 0. The number of hydrogen-bond donors (Lipinski definition) is 1. The van der Waals surface area contributed by atoms with Gasteiger partial charge in [-0.3, -0.25) is 0 Å². The number of aliphatic hydroxyl groups is 1. The van der Waals surface area contributed by atoms with Gasteiger partial charge in [0, 0.05) is 0 Å². The lowest BCUT2D eigenvalue weighted by Crippen LogP contribution is -2.12. The first kappa shape index (κ1) is 20.4. The van der Waals surface area contributed by atoms with Gasteiger partial charge in [-0.2, -0.15) is 0 Å². The van der Waals surface area contributed by atoms with Gasteiger partial charge in [0.1, 0.15) is 6.61 Å². The van der Waals surface area contributed by atoms with Crippen LogP contribution in [0.2, 0.25) is 0 Å². The van der Waals surface area contributed by atoms with Crippen molar-refractivity contribution in [2.24, 2.45) is 0 Å². The van der Waals surface area contributed by atoms with E-state index >= 15 is 0 Å². The van der Waals surface area contributed by atoms with Gasteiger partial charge in [-0.1, -0.05) is 20.3 Å². The largest absolute Gasteiger partial charge is 0.499 e. The van der Waals surface area contributed by atoms with Gasteiger partial charge in [0.2, 0.25) is 0 Å². The first-order valence-electron chi connectivity index (χ1n) is 7.98. The second-order valence-corrected chi connectivity index (χ2v) is 4.66. The molecule has 5 nitrogen and oxygen atoms in total. The summed E-state index contributed by atoms with van der Waals surface area (Å²) in [7, 11) is 0. The van der Waals surface area contributed by atoms with Gasteiger partial charge in [0.05, 0.1) is 52.5 Å². The van der Waals surface area contributed by atoms with E-state index in [9.17, 15) is 0 Å². The molecule has 0 amide bonds. The van der Waals surface area contributed by atoms with Crippen molar-refractivity contribution in [1.82, 2.24) is 0 Å². The van der Waals surface area contributed by atoms with E-state index in [2.05, 4.69) is 13.8 Å². The van der Waals surface area contributed by atoms with Crippen LogP contribution in [0.15, 0.2) is 11.8 Å². The average molecular weight is 304 g/mol. The molecule has 0 aliphatic heterocycles. The molecule has 0 bridgehead atoms. The predicted molar refractivity (Wildman–Crippen MR) is 83.4 cm³/mol. The lowest BCUT2D eigenvalue weighted by molar-refractivity contribution is 0.00125. The molecule has 0 aliphatic carbocycles. The molecule has 126 valence electrons. The molecule has 0 radical (unpaired) electrons. The summed E-state index contributed by atoms with van der Waals surface area (Å²) >= 11 is 0. The predicted octanol–water partition coefficient (Wildman–Crippen LogP) is 2.53. The molecule has 0 saturated heterocycles. The number of allylic oxidation sites excluding steroid dienone is 1. The first-order chi connectivity index (χ1) is 10.3. The van der Waals surface area contributed by atoms with Crippen molar-refractivity contribution >= 4 is 0 Å². The van der Waals surface area contributed by atoms with Crippen molar-refractivity contribution in [1.29, 1.82) is 0 Å². The second kappa shape index (κ2) is 17.4. The molecule has 21 heavy (non-hydrogen) atoms. The lowest BCUT2D eigenvalue weighted by atomic mass is 10.1. The summed E-state index contributed by atoms with van der Waals surface area (Å²) in [5.74, 6) is 0. The monoisotopic (exact) mass is 304 g/mol. The minimum absolute atomic E-state index is 0.0513. The summed E-state index contributed by atoms with van der Waals surface area (Å²) < 4.78 is 21.2. The second-order valence-electron chi connectivity index (χ2n) is 4.66. The third-order valence-corrected chi connectivity index (χ3v) is 2.88. The van der Waals surface area contributed by atoms with Crippen LogP contribution in [0.5, 0.6) is 0 Å². The summed E-state index contributed by atoms with van der Waals surface area (Å²) in [5.41, 5.74) is 1.36. The van der Waals surface area contributed by atoms with Gasteiger partial charge in [-0.15, -0.1) is 0 Å². The van der Waals surface area contributed by atoms with Crippen LogP contribution in [0, 0.1) is 0 Å². The maximum atomic E-state index is 8.50. The van der Waals surface area contributed by atoms with Gasteiger partial charge in [0.15, 0.2) is 0 Å². The Kier molecular flexibility index (Phi) is 16.9. The zero-order chi connectivity index (χ0) is 15.6. The number of hydrogen-bond acceptors (Lipinski definition) is 5. The van der Waals surface area contributed by atoms with E-state index in [0.717, 1.165) is 12.8 Å². The average Bonchev–Trinajstić information content (AvgIpc) is 2.51. The van der Waals surface area contributed by atoms with Crippen LogP contribution < -0.4 is 0 Å². The fourth-order valence-electron chi connectivity index (χ4n) is 1.61. The molecule has 0 unspecified atom stereocenters. The van der Waals surface area contributed by atoms with Crippen LogP contribution >= 0.6 is 0 Å². The summed E-state index contributed by atoms with van der Waals surface area (Å²) in [5, 5.41) is 8.50. The summed E-state index contributed by atoms with van der Waals surface area (Å²) in [6.07, 6.45) is 6.49. The molecule has 0 fully saturated rings. The van der Waals surface area contributed by atoms with E-state index in [0.29, 0.717) is 46.2 Å². The number of ether oxygens (including phenoxy) is 4. The molecule has 0 spiro atoms. The van der Waals surface area contributed by atoms with Gasteiger partial charge in [-0.05, 0) is 24.8 Å². The molecular weight excluding hydrogens is 272 g/mol. The number of unbranched alkanes of at least 4 members (excludes halogenated alkanes) is 1. The van der Waals surface area contributed by atoms with Gasteiger partial charge >= 0.3 is 0 Å². The summed E-state index contributed by atoms with van der Waals surface area (Å²) in [6.45, 7) is 8.07. The zero-order valence-electron chi connectivity index (χ0n) is 13.6. The van der Waals surface area contributed by atoms with E-state index in [4.69, 9.17) is 24.1 Å². The molecular formula is C16H32O5. The molecule has 0 aromatic carbocycles. The van der Waals surface area contributed by atoms with Crippen LogP contribution in [0.4, 0.5) is 0 Å². The SMILES string of the molecule is CCCC/C(=C/OCCOCCOCCOCCO)CC. The van der Waals surface area contributed by atoms with E-state index < -0.39 is 0 Å². The highest BCUT2D eigenvalue weighted by Gasteiger charge is 1.95. The highest BCUT2D eigenvalue weighted by atomic mass is 16.6. The lowest BCUT2D eigenvalue weighted by Gasteiger charge is -2.07. The van der Waals surface area contributed by atoms with Gasteiger partial charge in [-0.25, -0.2) is 0 Å². The van der Waals surface area contributed by atoms with Crippen molar-refractivity contribution in [3.8, 4) is 0 Å². The Balaban J connectivity index is 3.26. The van der Waals surface area contributed by atoms with Gasteiger partial charge in [0.25, 0.3) is 0 Å². The summed E-state index contributed by atoms with van der Waals surface area (Å²) in [4.78, 5) is 0. The highest BCUT2D eigenvalue weighted by molar-refractivity contribution is 4.96. The van der Waals surface area contributed by atoms with Crippen molar-refractivity contribution in [2.45, 2.75) is 39.5 Å². The van der Waals surface area contributed by atoms with Crippen LogP contribution in [0.1, 0.15) is 39.5 Å². The topological polar surface area (TPSA) is 57.2 Å². The van der Waals surface area contributed by atoms with Crippen LogP contribution in [0.3, 0.4) is 0 Å². The van der Waals surface area contributed by atoms with Crippen molar-refractivity contribution < 1.29 is 24.1 Å². The fraction of sp³-hybridized carbons (Fsp3) is 0.875. The standard InChI is InChI=1S/C16H32O5/c1-3-5-6-16(4-2)15-21-14-13-20-12-11-19-10-9-18-8-7-17/h15,17H,3-14H2,1-2H3/b16-15+. The quantitative estimate of drug-likeness (QED) is 0.351. The van der Waals surface area contributed by atoms with Crippen LogP contribution in [-0.4, -0.2) is 58.0 Å². The smallest absolute Gasteiger partial charge is 0.111 e. The van der Waals surface area contributed by atoms with E-state index in [1.807, 2.05) is 6.26 Å². The molecule has 0 aromatic rings. The molecule has 0 rings (SSSR count). The Morgan fingerprint density at radius 2 is 1.43 bits per heavy atom. The molecule has 0 saturated carbocycles. The van der Waals surface area contributed by atoms with Crippen molar-refractivity contribution in [3.05, 3.63) is 11.8 Å². The molecule has 0 aliphatic rings. The maximum Gasteiger partial charge on any atom is 0.111 e. The van der Waals surface area contributed by atoms with Crippen molar-refractivity contribution in [3.63, 3.8) is 0 Å². The Hall–Kier alpha value is -0.620. The number of rotatable bonds is 16. The van der Waals surface area contributed by atoms with Crippen LogP contribution in [-0.2, 0) is 18.9 Å². The van der Waals surface area contributed by atoms with Crippen LogP contribution in [0.25, 0.3) is 0 Å². The fourth-order valence-corrected chi connectivity index (χ4v) is 1.61. The molecule has 5 heteroatoms. The van der Waals surface area contributed by atoms with E-state index in [-0.39, 0.29) is 6.61 Å². The third kappa shape index (κ3) is 15.6. The Labute approximate surface area is 129 Å². The Morgan fingerprint density at radius 1 is 0.857 bits per heavy atom. The minimum atomic E-state index is 0.0513. The Morgan fingerprint density at radius 3 is 1.95 bits per heavy atom. The first-order valence-corrected chi connectivity index (χ1v) is 7.98. The maximum absolute atomic E-state index is 8.50. The molecule has 0 heterocycles. The molecule has 1 N–H and O–H groups in total. The minimum Gasteiger partial charge on any atom is -0.499 e. The highest BCUT2D eigenvalue weighted by Crippen LogP contribution is 2.10. The Bertz CT molecular complexity index is 231. The molecule has 0 atom stereocenters. The number of aliphatic hydroxyl groups excluding tert-OH is 1. The van der Waals surface area contributed by atoms with E-state index in [1.54, 1.807) is 0 Å². The van der Waals surface area contributed by atoms with E-state index in [1.165, 1.54) is 18.4 Å². The third-order valence-electron chi connectivity index (χ3n) is 2.88. The zero-order valence-corrected chi connectivity index (χ0v) is 13.6. The molecule has 0 aromatic heterocycles.